The van der Waals surface area contributed by atoms with E-state index in [2.05, 4.69) is 5.32 Å². The van der Waals surface area contributed by atoms with Crippen LogP contribution in [0.4, 0.5) is 10.5 Å². The lowest BCUT2D eigenvalue weighted by molar-refractivity contribution is -0.165. The summed E-state index contributed by atoms with van der Waals surface area (Å²) < 4.78 is 15.1. The van der Waals surface area contributed by atoms with Gasteiger partial charge in [0.05, 0.1) is 12.1 Å². The fraction of sp³-hybridized carbons (Fsp3) is 0.550. The first-order chi connectivity index (χ1) is 14.4. The van der Waals surface area contributed by atoms with Gasteiger partial charge in [-0.2, -0.15) is 0 Å². The number of amides is 1. The molecule has 0 spiro atoms. The number of hydrogen-bond acceptors (Lipinski definition) is 9. The van der Waals surface area contributed by atoms with E-state index in [0.29, 0.717) is 22.9 Å². The number of anilines is 1. The van der Waals surface area contributed by atoms with Gasteiger partial charge >= 0.3 is 18.0 Å². The summed E-state index contributed by atoms with van der Waals surface area (Å²) in [6.45, 7) is 1.52. The molecule has 1 aromatic rings. The molecule has 1 saturated heterocycles. The molecule has 2 atom stereocenters. The molecule has 0 saturated carbocycles. The molecule has 10 heteroatoms. The van der Waals surface area contributed by atoms with Crippen LogP contribution in [-0.4, -0.2) is 48.5 Å². The molecule has 0 aromatic heterocycles. The lowest BCUT2D eigenvalue weighted by Gasteiger charge is -2.15. The van der Waals surface area contributed by atoms with Gasteiger partial charge in [-0.25, -0.2) is 9.59 Å². The molecule has 2 unspecified atom stereocenters. The Kier molecular flexibility index (Phi) is 10.7. The smallest absolute Gasteiger partial charge is 0.410 e. The number of unbranched alkanes of at least 4 members (excludes halogenated alkanes) is 1. The van der Waals surface area contributed by atoms with Gasteiger partial charge in [0.25, 0.3) is 0 Å². The number of nitrogen functional groups attached to an aromatic ring is 1. The average molecular weight is 457 g/mol. The van der Waals surface area contributed by atoms with E-state index >= 15 is 0 Å². The number of nitrogens with two attached hydrogens (primary N) is 1. The predicted molar refractivity (Wildman–Crippen MR) is 118 cm³/mol. The minimum atomic E-state index is -0.989. The second-order valence-corrected chi connectivity index (χ2v) is 9.51. The van der Waals surface area contributed by atoms with Crippen LogP contribution in [0.3, 0.4) is 0 Å². The lowest BCUT2D eigenvalue weighted by atomic mass is 10.1. The Morgan fingerprint density at radius 3 is 2.67 bits per heavy atom. The summed E-state index contributed by atoms with van der Waals surface area (Å²) in [4.78, 5) is 35.3. The maximum Gasteiger partial charge on any atom is 0.410 e. The van der Waals surface area contributed by atoms with E-state index in [1.165, 1.54) is 19.1 Å². The Balaban J connectivity index is 1.50. The Morgan fingerprint density at radius 1 is 1.20 bits per heavy atom. The first kappa shape index (κ1) is 24.2. The summed E-state index contributed by atoms with van der Waals surface area (Å²) in [7, 11) is 3.84. The first-order valence-corrected chi connectivity index (χ1v) is 12.3. The molecule has 3 N–H and O–H groups in total. The molecule has 30 heavy (non-hydrogen) atoms. The zero-order valence-electron chi connectivity index (χ0n) is 17.0. The molecule has 1 aromatic carbocycles. The van der Waals surface area contributed by atoms with Crippen molar-refractivity contribution in [2.75, 3.05) is 24.6 Å². The normalized spacial score (nSPS) is 16.5. The fourth-order valence-electron chi connectivity index (χ4n) is 2.67. The van der Waals surface area contributed by atoms with Crippen LogP contribution in [0.15, 0.2) is 24.3 Å². The third-order valence-corrected chi connectivity index (χ3v) is 7.21. The second kappa shape index (κ2) is 13.3. The van der Waals surface area contributed by atoms with Crippen LogP contribution < -0.4 is 11.1 Å². The van der Waals surface area contributed by atoms with Crippen molar-refractivity contribution >= 4 is 45.3 Å². The highest BCUT2D eigenvalue weighted by atomic mass is 33.1. The van der Waals surface area contributed by atoms with Crippen molar-refractivity contribution in [3.63, 3.8) is 0 Å². The summed E-state index contributed by atoms with van der Waals surface area (Å²) in [5.41, 5.74) is 6.48. The van der Waals surface area contributed by atoms with Crippen LogP contribution in [0.2, 0.25) is 0 Å². The number of carbonyl (C=O) groups is 3. The number of ether oxygens (including phenoxy) is 3. The number of hydrogen-bond donors (Lipinski definition) is 2. The van der Waals surface area contributed by atoms with Gasteiger partial charge in [-0.3, -0.25) is 4.79 Å². The molecule has 1 aliphatic heterocycles. The number of benzene rings is 1. The van der Waals surface area contributed by atoms with Gasteiger partial charge in [-0.15, -0.1) is 0 Å². The van der Waals surface area contributed by atoms with Crippen LogP contribution in [0.25, 0.3) is 0 Å². The van der Waals surface area contributed by atoms with Gasteiger partial charge in [0, 0.05) is 30.0 Å². The lowest BCUT2D eigenvalue weighted by Crippen LogP contribution is -2.32. The van der Waals surface area contributed by atoms with Crippen molar-refractivity contribution in [1.29, 1.82) is 0 Å². The van der Waals surface area contributed by atoms with Gasteiger partial charge in [-0.1, -0.05) is 28.0 Å². The van der Waals surface area contributed by atoms with E-state index in [4.69, 9.17) is 19.9 Å². The molecule has 1 amide bonds. The highest BCUT2D eigenvalue weighted by molar-refractivity contribution is 8.77. The molecule has 8 nitrogen and oxygen atoms in total. The molecule has 0 radical (unpaired) electrons. The molecule has 1 heterocycles. The summed E-state index contributed by atoms with van der Waals surface area (Å²) in [6.07, 6.45) is 2.66. The second-order valence-electron chi connectivity index (χ2n) is 6.72. The summed E-state index contributed by atoms with van der Waals surface area (Å²) in [5, 5.41) is 3.13. The number of rotatable bonds is 11. The van der Waals surface area contributed by atoms with Crippen LogP contribution >= 0.6 is 21.6 Å². The van der Waals surface area contributed by atoms with Gasteiger partial charge in [0.2, 0.25) is 6.29 Å². The molecule has 0 bridgehead atoms. The predicted octanol–water partition coefficient (Wildman–Crippen LogP) is 3.76. The van der Waals surface area contributed by atoms with Crippen LogP contribution in [-0.2, 0) is 19.0 Å². The summed E-state index contributed by atoms with van der Waals surface area (Å²) >= 11 is 0. The number of nitrogens with one attached hydrogen (secondary N) is 1. The highest BCUT2D eigenvalue weighted by Crippen LogP contribution is 2.39. The number of esters is 2. The number of carbonyl (C=O) groups excluding carboxylic acids is 3. The van der Waals surface area contributed by atoms with Crippen molar-refractivity contribution in [3.05, 3.63) is 29.8 Å². The van der Waals surface area contributed by atoms with E-state index in [9.17, 15) is 14.4 Å². The Labute approximate surface area is 184 Å². The largest absolute Gasteiger partial charge is 0.460 e. The highest BCUT2D eigenvalue weighted by Gasteiger charge is 2.17. The van der Waals surface area contributed by atoms with Gasteiger partial charge in [0.1, 0.15) is 6.61 Å². The number of alkyl carbamates (subject to hydrolysis) is 1. The maximum absolute atomic E-state index is 11.8. The van der Waals surface area contributed by atoms with E-state index in [-0.39, 0.29) is 19.1 Å². The standard InChI is InChI=1S/C20H28N2O6S2/c1-14(27-18(23)5-3-2-4-17-10-13-29-30-17)28-20(25)22-11-12-26-19(24)15-6-8-16(21)9-7-15/h6-9,14,17H,2-5,10-13,21H2,1H3,(H,22,25). The van der Waals surface area contributed by atoms with Crippen molar-refractivity contribution in [2.24, 2.45) is 0 Å². The van der Waals surface area contributed by atoms with Crippen molar-refractivity contribution < 1.29 is 28.6 Å². The average Bonchev–Trinajstić information content (AvgIpc) is 3.22. The molecule has 2 rings (SSSR count). The van der Waals surface area contributed by atoms with Crippen LogP contribution in [0.1, 0.15) is 49.4 Å². The van der Waals surface area contributed by atoms with Crippen LogP contribution in [0, 0.1) is 0 Å². The maximum atomic E-state index is 11.8. The topological polar surface area (TPSA) is 117 Å². The molecule has 1 aliphatic rings. The molecule has 0 aliphatic carbocycles. The van der Waals surface area contributed by atoms with Gasteiger partial charge in [-0.05, 0) is 43.5 Å². The van der Waals surface area contributed by atoms with Crippen molar-refractivity contribution in [1.82, 2.24) is 5.32 Å². The third kappa shape index (κ3) is 9.62. The van der Waals surface area contributed by atoms with Gasteiger partial charge in [0.15, 0.2) is 0 Å². The van der Waals surface area contributed by atoms with E-state index in [1.54, 1.807) is 24.3 Å². The molecular weight excluding hydrogens is 428 g/mol. The summed E-state index contributed by atoms with van der Waals surface area (Å²) in [5.74, 6) is 0.304. The minimum absolute atomic E-state index is 0.0235. The van der Waals surface area contributed by atoms with Crippen molar-refractivity contribution in [2.45, 2.75) is 50.6 Å². The minimum Gasteiger partial charge on any atom is -0.460 e. The first-order valence-electron chi connectivity index (χ1n) is 9.89. The SMILES string of the molecule is CC(OC(=O)CCCCC1CCSS1)OC(=O)NCCOC(=O)c1ccc(N)cc1. The monoisotopic (exact) mass is 456 g/mol. The summed E-state index contributed by atoms with van der Waals surface area (Å²) in [6, 6.07) is 6.32. The fourth-order valence-corrected chi connectivity index (χ4v) is 5.69. The zero-order valence-corrected chi connectivity index (χ0v) is 18.6. The van der Waals surface area contributed by atoms with Crippen LogP contribution in [0.5, 0.6) is 0 Å². The van der Waals surface area contributed by atoms with E-state index < -0.39 is 18.4 Å². The van der Waals surface area contributed by atoms with E-state index in [1.807, 2.05) is 21.6 Å². The Morgan fingerprint density at radius 2 is 1.97 bits per heavy atom. The molecule has 166 valence electrons. The van der Waals surface area contributed by atoms with Crippen molar-refractivity contribution in [3.8, 4) is 0 Å². The molecular formula is C20H28N2O6S2. The molecule has 1 fully saturated rings. The zero-order chi connectivity index (χ0) is 21.8. The van der Waals surface area contributed by atoms with E-state index in [0.717, 1.165) is 19.3 Å². The Bertz CT molecular complexity index is 695. The van der Waals surface area contributed by atoms with Gasteiger partial charge < -0.3 is 25.3 Å². The quantitative estimate of drug-likeness (QED) is 0.169. The Hall–Kier alpha value is -2.07. The third-order valence-electron chi connectivity index (χ3n) is 4.21.